The minimum atomic E-state index is -0.00486. The van der Waals surface area contributed by atoms with E-state index in [1.54, 1.807) is 7.11 Å². The molecule has 0 saturated heterocycles. The van der Waals surface area contributed by atoms with Crippen LogP contribution in [0.25, 0.3) is 0 Å². The SMILES string of the molecule is CCC(=O)Nc1nc(C)c(Cc2ccc(OC)cc2)s1. The van der Waals surface area contributed by atoms with Gasteiger partial charge in [0.25, 0.3) is 0 Å². The molecular weight excluding hydrogens is 272 g/mol. The first-order chi connectivity index (χ1) is 9.62. The van der Waals surface area contributed by atoms with Crippen LogP contribution in [0.1, 0.15) is 29.5 Å². The van der Waals surface area contributed by atoms with Crippen molar-refractivity contribution in [2.45, 2.75) is 26.7 Å². The Labute approximate surface area is 122 Å². The Morgan fingerprint density at radius 1 is 1.35 bits per heavy atom. The number of amides is 1. The van der Waals surface area contributed by atoms with Crippen molar-refractivity contribution in [1.29, 1.82) is 0 Å². The second-order valence-corrected chi connectivity index (χ2v) is 5.54. The molecule has 0 unspecified atom stereocenters. The van der Waals surface area contributed by atoms with E-state index in [-0.39, 0.29) is 5.91 Å². The third kappa shape index (κ3) is 3.57. The van der Waals surface area contributed by atoms with E-state index >= 15 is 0 Å². The smallest absolute Gasteiger partial charge is 0.225 e. The zero-order valence-electron chi connectivity index (χ0n) is 11.9. The molecule has 20 heavy (non-hydrogen) atoms. The molecule has 0 saturated carbocycles. The first-order valence-electron chi connectivity index (χ1n) is 6.51. The normalized spacial score (nSPS) is 10.3. The number of carbonyl (C=O) groups is 1. The van der Waals surface area contributed by atoms with Gasteiger partial charge >= 0.3 is 0 Å². The first-order valence-corrected chi connectivity index (χ1v) is 7.33. The molecule has 5 heteroatoms. The number of hydrogen-bond acceptors (Lipinski definition) is 4. The van der Waals surface area contributed by atoms with Crippen molar-refractivity contribution >= 4 is 22.4 Å². The van der Waals surface area contributed by atoms with Crippen molar-refractivity contribution in [3.05, 3.63) is 40.4 Å². The molecule has 0 bridgehead atoms. The van der Waals surface area contributed by atoms with Gasteiger partial charge in [-0.25, -0.2) is 4.98 Å². The number of methoxy groups -OCH3 is 1. The average Bonchev–Trinajstić information content (AvgIpc) is 2.79. The Bertz CT molecular complexity index is 590. The molecule has 0 fully saturated rings. The molecule has 2 aromatic rings. The minimum absolute atomic E-state index is 0.00486. The van der Waals surface area contributed by atoms with Gasteiger partial charge in [0, 0.05) is 17.7 Å². The molecule has 1 aromatic carbocycles. The monoisotopic (exact) mass is 290 g/mol. The zero-order chi connectivity index (χ0) is 14.5. The number of aryl methyl sites for hydroxylation is 1. The third-order valence-electron chi connectivity index (χ3n) is 2.98. The Morgan fingerprint density at radius 2 is 2.05 bits per heavy atom. The van der Waals surface area contributed by atoms with Gasteiger partial charge in [0.2, 0.25) is 5.91 Å². The fraction of sp³-hybridized carbons (Fsp3) is 0.333. The standard InChI is InChI=1S/C15H18N2O2S/c1-4-14(18)17-15-16-10(2)13(20-15)9-11-5-7-12(19-3)8-6-11/h5-8H,4,9H2,1-3H3,(H,16,17,18). The molecule has 0 aliphatic rings. The summed E-state index contributed by atoms with van der Waals surface area (Å²) in [5.74, 6) is 0.848. The van der Waals surface area contributed by atoms with Gasteiger partial charge < -0.3 is 10.1 Å². The lowest BCUT2D eigenvalue weighted by molar-refractivity contribution is -0.115. The summed E-state index contributed by atoms with van der Waals surface area (Å²) in [5.41, 5.74) is 2.17. The van der Waals surface area contributed by atoms with E-state index in [2.05, 4.69) is 10.3 Å². The molecule has 106 valence electrons. The minimum Gasteiger partial charge on any atom is -0.497 e. The van der Waals surface area contributed by atoms with Gasteiger partial charge in [-0.1, -0.05) is 19.1 Å². The Balaban J connectivity index is 2.10. The fourth-order valence-electron chi connectivity index (χ4n) is 1.78. The quantitative estimate of drug-likeness (QED) is 0.918. The molecule has 0 aliphatic carbocycles. The molecule has 0 aliphatic heterocycles. The predicted octanol–water partition coefficient (Wildman–Crippen LogP) is 3.40. The van der Waals surface area contributed by atoms with E-state index in [0.29, 0.717) is 11.6 Å². The first kappa shape index (κ1) is 14.5. The van der Waals surface area contributed by atoms with Crippen LogP contribution in [0.3, 0.4) is 0 Å². The maximum atomic E-state index is 11.4. The molecule has 1 aromatic heterocycles. The molecule has 0 spiro atoms. The molecule has 0 radical (unpaired) electrons. The second-order valence-electron chi connectivity index (χ2n) is 4.45. The van der Waals surface area contributed by atoms with Gasteiger partial charge in [0.05, 0.1) is 12.8 Å². The third-order valence-corrected chi connectivity index (χ3v) is 4.06. The van der Waals surface area contributed by atoms with E-state index < -0.39 is 0 Å². The highest BCUT2D eigenvalue weighted by Crippen LogP contribution is 2.26. The number of rotatable bonds is 5. The summed E-state index contributed by atoms with van der Waals surface area (Å²) in [5, 5.41) is 3.48. The fourth-order valence-corrected chi connectivity index (χ4v) is 2.79. The average molecular weight is 290 g/mol. The van der Waals surface area contributed by atoms with Gasteiger partial charge in [-0.2, -0.15) is 0 Å². The number of nitrogens with zero attached hydrogens (tertiary/aromatic N) is 1. The summed E-state index contributed by atoms with van der Waals surface area (Å²) >= 11 is 1.53. The predicted molar refractivity (Wildman–Crippen MR) is 81.6 cm³/mol. The topological polar surface area (TPSA) is 51.2 Å². The van der Waals surface area contributed by atoms with Crippen molar-refractivity contribution in [1.82, 2.24) is 4.98 Å². The van der Waals surface area contributed by atoms with Crippen LogP contribution in [-0.2, 0) is 11.2 Å². The van der Waals surface area contributed by atoms with E-state index in [0.717, 1.165) is 17.9 Å². The van der Waals surface area contributed by atoms with Crippen molar-refractivity contribution in [2.24, 2.45) is 0 Å². The highest BCUT2D eigenvalue weighted by molar-refractivity contribution is 7.15. The number of ether oxygens (including phenoxy) is 1. The van der Waals surface area contributed by atoms with Crippen LogP contribution in [0, 0.1) is 6.92 Å². The van der Waals surface area contributed by atoms with Crippen LogP contribution >= 0.6 is 11.3 Å². The Hall–Kier alpha value is -1.88. The molecule has 2 rings (SSSR count). The van der Waals surface area contributed by atoms with Crippen molar-refractivity contribution in [3.63, 3.8) is 0 Å². The summed E-state index contributed by atoms with van der Waals surface area (Å²) in [6, 6.07) is 7.99. The Kier molecular flexibility index (Phi) is 4.74. The lowest BCUT2D eigenvalue weighted by Crippen LogP contribution is -2.08. The summed E-state index contributed by atoms with van der Waals surface area (Å²) in [6.45, 7) is 3.80. The lowest BCUT2D eigenvalue weighted by atomic mass is 10.1. The lowest BCUT2D eigenvalue weighted by Gasteiger charge is -2.02. The van der Waals surface area contributed by atoms with Crippen LogP contribution < -0.4 is 10.1 Å². The van der Waals surface area contributed by atoms with Crippen LogP contribution in [0.5, 0.6) is 5.75 Å². The van der Waals surface area contributed by atoms with Gasteiger partial charge in [-0.05, 0) is 24.6 Å². The van der Waals surface area contributed by atoms with Crippen LogP contribution in [0.15, 0.2) is 24.3 Å². The summed E-state index contributed by atoms with van der Waals surface area (Å²) in [4.78, 5) is 16.9. The summed E-state index contributed by atoms with van der Waals surface area (Å²) in [6.07, 6.45) is 1.28. The maximum Gasteiger partial charge on any atom is 0.225 e. The van der Waals surface area contributed by atoms with Crippen LogP contribution in [0.4, 0.5) is 5.13 Å². The van der Waals surface area contributed by atoms with Crippen molar-refractivity contribution < 1.29 is 9.53 Å². The highest BCUT2D eigenvalue weighted by atomic mass is 32.1. The molecular formula is C15H18N2O2S. The highest BCUT2D eigenvalue weighted by Gasteiger charge is 2.10. The van der Waals surface area contributed by atoms with Crippen molar-refractivity contribution in [2.75, 3.05) is 12.4 Å². The largest absolute Gasteiger partial charge is 0.497 e. The molecule has 4 nitrogen and oxygen atoms in total. The Morgan fingerprint density at radius 3 is 2.65 bits per heavy atom. The van der Waals surface area contributed by atoms with Crippen LogP contribution in [0.2, 0.25) is 0 Å². The van der Waals surface area contributed by atoms with E-state index in [4.69, 9.17) is 4.74 Å². The van der Waals surface area contributed by atoms with Gasteiger partial charge in [-0.15, -0.1) is 11.3 Å². The number of thiazole rings is 1. The number of nitrogens with one attached hydrogen (secondary N) is 1. The summed E-state index contributed by atoms with van der Waals surface area (Å²) in [7, 11) is 1.66. The van der Waals surface area contributed by atoms with Gasteiger partial charge in [0.15, 0.2) is 5.13 Å². The molecule has 1 N–H and O–H groups in total. The summed E-state index contributed by atoms with van der Waals surface area (Å²) < 4.78 is 5.15. The van der Waals surface area contributed by atoms with E-state index in [9.17, 15) is 4.79 Å². The van der Waals surface area contributed by atoms with Gasteiger partial charge in [-0.3, -0.25) is 4.79 Å². The van der Waals surface area contributed by atoms with Crippen molar-refractivity contribution in [3.8, 4) is 5.75 Å². The van der Waals surface area contributed by atoms with Gasteiger partial charge in [0.1, 0.15) is 5.75 Å². The van der Waals surface area contributed by atoms with Crippen LogP contribution in [-0.4, -0.2) is 18.0 Å². The maximum absolute atomic E-state index is 11.4. The zero-order valence-corrected chi connectivity index (χ0v) is 12.7. The number of aromatic nitrogens is 1. The van der Waals surface area contributed by atoms with E-state index in [1.807, 2.05) is 38.1 Å². The second kappa shape index (κ2) is 6.52. The number of hydrogen-bond donors (Lipinski definition) is 1. The number of carbonyl (C=O) groups excluding carboxylic acids is 1. The molecule has 0 atom stereocenters. The number of anilines is 1. The van der Waals surface area contributed by atoms with E-state index in [1.165, 1.54) is 21.8 Å². The molecule has 1 heterocycles. The molecule has 1 amide bonds. The number of benzene rings is 1.